The second-order valence-corrected chi connectivity index (χ2v) is 11.1. The Bertz CT molecular complexity index is 427. The zero-order valence-corrected chi connectivity index (χ0v) is 16.9. The molecule has 0 spiro atoms. The van der Waals surface area contributed by atoms with Gasteiger partial charge in [-0.1, -0.05) is 13.8 Å². The molecule has 6 heteroatoms. The fourth-order valence-electron chi connectivity index (χ4n) is 2.93. The van der Waals surface area contributed by atoms with Crippen LogP contribution in [0.1, 0.15) is 68.7 Å². The average Bonchev–Trinajstić information content (AvgIpc) is 2.30. The number of ether oxygens (including phenoxy) is 1. The highest BCUT2D eigenvalue weighted by Gasteiger charge is 2.52. The van der Waals surface area contributed by atoms with Gasteiger partial charge in [-0.05, 0) is 66.2 Å². The van der Waals surface area contributed by atoms with Crippen LogP contribution in [0, 0.1) is 11.3 Å². The molecule has 4 atom stereocenters. The summed E-state index contributed by atoms with van der Waals surface area (Å²) in [5.74, 6) is 0.355. The number of hydrogen-bond acceptors (Lipinski definition) is 4. The van der Waals surface area contributed by atoms with Crippen molar-refractivity contribution in [2.24, 2.45) is 11.3 Å². The molecule has 1 fully saturated rings. The van der Waals surface area contributed by atoms with Crippen LogP contribution in [0.15, 0.2) is 0 Å². The number of alkyl carbamates (subject to hydrolysis) is 1. The molecule has 1 unspecified atom stereocenters. The Hall–Kier alpha value is -0.460. The SMILES string of the molecule is CC(N[S@@+]([O-])C(C)(C)C)[C@H]1C[C@@H](NC(=O)OC(C)(C)C)C1(C)C. The highest BCUT2D eigenvalue weighted by atomic mass is 32.2. The minimum atomic E-state index is -1.09. The first-order chi connectivity index (χ1) is 10.1. The minimum absolute atomic E-state index is 0.0641. The second kappa shape index (κ2) is 6.81. The van der Waals surface area contributed by atoms with Crippen LogP contribution in [0.25, 0.3) is 0 Å². The molecule has 0 radical (unpaired) electrons. The number of hydrogen-bond donors (Lipinski definition) is 2. The fourth-order valence-corrected chi connectivity index (χ4v) is 3.79. The van der Waals surface area contributed by atoms with E-state index in [2.05, 4.69) is 30.8 Å². The molecular formula is C17H34N2O3S. The van der Waals surface area contributed by atoms with E-state index in [4.69, 9.17) is 4.74 Å². The highest BCUT2D eigenvalue weighted by molar-refractivity contribution is 7.90. The molecular weight excluding hydrogens is 312 g/mol. The van der Waals surface area contributed by atoms with Gasteiger partial charge >= 0.3 is 6.09 Å². The van der Waals surface area contributed by atoms with Crippen molar-refractivity contribution in [2.45, 2.75) is 91.2 Å². The van der Waals surface area contributed by atoms with Crippen LogP contribution in [0.2, 0.25) is 0 Å². The van der Waals surface area contributed by atoms with E-state index in [1.807, 2.05) is 41.5 Å². The maximum atomic E-state index is 12.3. The van der Waals surface area contributed by atoms with E-state index in [0.29, 0.717) is 5.92 Å². The first-order valence-corrected chi connectivity index (χ1v) is 9.47. The Morgan fingerprint density at radius 3 is 2.17 bits per heavy atom. The molecule has 0 bridgehead atoms. The van der Waals surface area contributed by atoms with Crippen molar-refractivity contribution >= 4 is 17.5 Å². The van der Waals surface area contributed by atoms with E-state index >= 15 is 0 Å². The van der Waals surface area contributed by atoms with Gasteiger partial charge in [-0.3, -0.25) is 0 Å². The molecule has 1 saturated carbocycles. The normalized spacial score (nSPS) is 26.9. The van der Waals surface area contributed by atoms with Gasteiger partial charge in [0.05, 0.1) is 6.04 Å². The molecule has 0 saturated heterocycles. The molecule has 0 aromatic heterocycles. The van der Waals surface area contributed by atoms with E-state index in [1.54, 1.807) is 0 Å². The first kappa shape index (κ1) is 20.6. The lowest BCUT2D eigenvalue weighted by atomic mass is 9.56. The molecule has 0 aliphatic heterocycles. The smallest absolute Gasteiger partial charge is 0.407 e. The Balaban J connectivity index is 2.56. The van der Waals surface area contributed by atoms with Crippen molar-refractivity contribution in [1.29, 1.82) is 0 Å². The van der Waals surface area contributed by atoms with Gasteiger partial charge in [-0.25, -0.2) is 4.79 Å². The van der Waals surface area contributed by atoms with Gasteiger partial charge in [-0.15, -0.1) is 4.72 Å². The van der Waals surface area contributed by atoms with E-state index in [0.717, 1.165) is 6.42 Å². The molecule has 0 aromatic rings. The molecule has 5 nitrogen and oxygen atoms in total. The predicted octanol–water partition coefficient (Wildman–Crippen LogP) is 3.37. The summed E-state index contributed by atoms with van der Waals surface area (Å²) in [6, 6.07) is 0.205. The Morgan fingerprint density at radius 2 is 1.78 bits per heavy atom. The van der Waals surface area contributed by atoms with Crippen molar-refractivity contribution in [3.05, 3.63) is 0 Å². The van der Waals surface area contributed by atoms with E-state index < -0.39 is 17.0 Å². The quantitative estimate of drug-likeness (QED) is 0.766. The van der Waals surface area contributed by atoms with Gasteiger partial charge < -0.3 is 14.6 Å². The molecule has 0 heterocycles. The third-order valence-electron chi connectivity index (χ3n) is 4.49. The van der Waals surface area contributed by atoms with Crippen LogP contribution in [-0.4, -0.2) is 33.1 Å². The van der Waals surface area contributed by atoms with E-state index in [-0.39, 0.29) is 28.3 Å². The summed E-state index contributed by atoms with van der Waals surface area (Å²) in [6.45, 7) is 17.8. The number of rotatable bonds is 4. The standard InChI is InChI=1S/C17H34N2O3S/c1-11(19-23(21)16(5,6)7)12-10-13(17(12,8)9)18-14(20)22-15(2,3)4/h11-13,19H,10H2,1-9H3,(H,18,20)/t11?,12-,13-,23+/m1/s1. The van der Waals surface area contributed by atoms with Crippen LogP contribution >= 0.6 is 0 Å². The Kier molecular flexibility index (Phi) is 6.09. The van der Waals surface area contributed by atoms with Crippen LogP contribution in [-0.2, 0) is 16.1 Å². The molecule has 0 aromatic carbocycles. The molecule has 136 valence electrons. The van der Waals surface area contributed by atoms with E-state index in [1.165, 1.54) is 0 Å². The van der Waals surface area contributed by atoms with Crippen molar-refractivity contribution < 1.29 is 14.1 Å². The van der Waals surface area contributed by atoms with Gasteiger partial charge in [0.25, 0.3) is 0 Å². The molecule has 1 amide bonds. The first-order valence-electron chi connectivity index (χ1n) is 8.32. The van der Waals surface area contributed by atoms with Crippen LogP contribution in [0.4, 0.5) is 4.79 Å². The molecule has 1 rings (SSSR count). The van der Waals surface area contributed by atoms with Crippen molar-refractivity contribution in [3.8, 4) is 0 Å². The minimum Gasteiger partial charge on any atom is -0.598 e. The maximum Gasteiger partial charge on any atom is 0.407 e. The lowest BCUT2D eigenvalue weighted by Gasteiger charge is -2.54. The number of nitrogens with one attached hydrogen (secondary N) is 2. The zero-order chi connectivity index (χ0) is 18.2. The summed E-state index contributed by atoms with van der Waals surface area (Å²) < 4.78 is 20.5. The number of carbonyl (C=O) groups excluding carboxylic acids is 1. The summed E-state index contributed by atoms with van der Waals surface area (Å²) in [7, 11) is 0. The van der Waals surface area contributed by atoms with Gasteiger partial charge in [0.15, 0.2) is 0 Å². The average molecular weight is 347 g/mol. The lowest BCUT2D eigenvalue weighted by molar-refractivity contribution is -0.0142. The third-order valence-corrected chi connectivity index (χ3v) is 6.19. The highest BCUT2D eigenvalue weighted by Crippen LogP contribution is 2.48. The van der Waals surface area contributed by atoms with Crippen molar-refractivity contribution in [1.82, 2.24) is 10.0 Å². The van der Waals surface area contributed by atoms with Gasteiger partial charge in [0, 0.05) is 17.4 Å². The number of amides is 1. The van der Waals surface area contributed by atoms with Crippen LogP contribution < -0.4 is 10.0 Å². The third kappa shape index (κ3) is 5.54. The molecule has 1 aliphatic carbocycles. The van der Waals surface area contributed by atoms with E-state index in [9.17, 15) is 9.35 Å². The van der Waals surface area contributed by atoms with Gasteiger partial charge in [0.1, 0.15) is 10.3 Å². The van der Waals surface area contributed by atoms with Crippen molar-refractivity contribution in [3.63, 3.8) is 0 Å². The zero-order valence-electron chi connectivity index (χ0n) is 16.1. The van der Waals surface area contributed by atoms with Crippen LogP contribution in [0.5, 0.6) is 0 Å². The summed E-state index contributed by atoms with van der Waals surface area (Å²) in [5.41, 5.74) is -0.554. The number of carbonyl (C=O) groups is 1. The van der Waals surface area contributed by atoms with Gasteiger partial charge in [-0.2, -0.15) is 0 Å². The molecule has 2 N–H and O–H groups in total. The fraction of sp³-hybridized carbons (Fsp3) is 0.941. The summed E-state index contributed by atoms with van der Waals surface area (Å²) in [5, 5.41) is 2.97. The Labute approximate surface area is 144 Å². The lowest BCUT2D eigenvalue weighted by Crippen LogP contribution is -2.64. The summed E-state index contributed by atoms with van der Waals surface area (Å²) in [6.07, 6.45) is 0.495. The Morgan fingerprint density at radius 1 is 1.26 bits per heavy atom. The largest absolute Gasteiger partial charge is 0.598 e. The maximum absolute atomic E-state index is 12.3. The van der Waals surface area contributed by atoms with Crippen molar-refractivity contribution in [2.75, 3.05) is 0 Å². The predicted molar refractivity (Wildman–Crippen MR) is 95.5 cm³/mol. The summed E-state index contributed by atoms with van der Waals surface area (Å²) in [4.78, 5) is 11.9. The monoisotopic (exact) mass is 346 g/mol. The topological polar surface area (TPSA) is 73.4 Å². The summed E-state index contributed by atoms with van der Waals surface area (Å²) >= 11 is -1.09. The van der Waals surface area contributed by atoms with Gasteiger partial charge in [0.2, 0.25) is 0 Å². The molecule has 1 aliphatic rings. The molecule has 23 heavy (non-hydrogen) atoms. The van der Waals surface area contributed by atoms with Crippen LogP contribution in [0.3, 0.4) is 0 Å². The second-order valence-electron chi connectivity index (χ2n) is 9.15.